The zero-order valence-corrected chi connectivity index (χ0v) is 23.4. The van der Waals surface area contributed by atoms with Crippen molar-refractivity contribution in [1.29, 1.82) is 0 Å². The summed E-state index contributed by atoms with van der Waals surface area (Å²) in [5.41, 5.74) is 3.49. The SMILES string of the molecule is C=C(C)C(=O)OCC(CO)CC1CCC(C2CCC(c3ccc(CCCCC)cc3)CC2)[C@@H](CC)C1. The fourth-order valence-electron chi connectivity index (χ4n) is 7.09. The van der Waals surface area contributed by atoms with Crippen molar-refractivity contribution in [3.05, 3.63) is 47.5 Å². The lowest BCUT2D eigenvalue weighted by Crippen LogP contribution is -2.33. The van der Waals surface area contributed by atoms with Gasteiger partial charge in [-0.2, -0.15) is 0 Å². The molecular weight excluding hydrogens is 444 g/mol. The Labute approximate surface area is 221 Å². The molecule has 1 aromatic rings. The van der Waals surface area contributed by atoms with Crippen LogP contribution < -0.4 is 0 Å². The maximum absolute atomic E-state index is 11.7. The van der Waals surface area contributed by atoms with Gasteiger partial charge in [-0.1, -0.05) is 70.4 Å². The van der Waals surface area contributed by atoms with Crippen molar-refractivity contribution < 1.29 is 14.6 Å². The predicted molar refractivity (Wildman–Crippen MR) is 150 cm³/mol. The number of rotatable bonds is 13. The third-order valence-corrected chi connectivity index (χ3v) is 9.30. The largest absolute Gasteiger partial charge is 0.462 e. The van der Waals surface area contributed by atoms with E-state index in [1.807, 2.05) is 0 Å². The second-order valence-corrected chi connectivity index (χ2v) is 12.0. The molecular formula is C33H52O3. The van der Waals surface area contributed by atoms with E-state index in [9.17, 15) is 9.90 Å². The highest BCUT2D eigenvalue weighted by Gasteiger charge is 2.37. The number of hydrogen-bond donors (Lipinski definition) is 1. The molecule has 3 heteroatoms. The molecule has 2 saturated carbocycles. The van der Waals surface area contributed by atoms with Gasteiger partial charge in [-0.3, -0.25) is 0 Å². The Hall–Kier alpha value is -1.61. The highest BCUT2D eigenvalue weighted by Crippen LogP contribution is 2.48. The van der Waals surface area contributed by atoms with Crippen LogP contribution in [0.1, 0.15) is 115 Å². The first-order chi connectivity index (χ1) is 17.4. The van der Waals surface area contributed by atoms with Gasteiger partial charge in [0.25, 0.3) is 0 Å². The third kappa shape index (κ3) is 8.47. The topological polar surface area (TPSA) is 46.5 Å². The molecule has 0 spiro atoms. The summed E-state index contributed by atoms with van der Waals surface area (Å²) in [6.45, 7) is 10.4. The van der Waals surface area contributed by atoms with E-state index < -0.39 is 0 Å². The number of carbonyl (C=O) groups excluding carboxylic acids is 1. The van der Waals surface area contributed by atoms with E-state index in [2.05, 4.69) is 44.7 Å². The maximum atomic E-state index is 11.7. The average molecular weight is 497 g/mol. The minimum Gasteiger partial charge on any atom is -0.462 e. The van der Waals surface area contributed by atoms with Crippen LogP contribution >= 0.6 is 0 Å². The summed E-state index contributed by atoms with van der Waals surface area (Å²) in [6, 6.07) is 9.59. The van der Waals surface area contributed by atoms with Crippen molar-refractivity contribution in [2.75, 3.05) is 13.2 Å². The Morgan fingerprint density at radius 1 is 1.06 bits per heavy atom. The van der Waals surface area contributed by atoms with Crippen LogP contribution in [0.25, 0.3) is 0 Å². The first-order valence-electron chi connectivity index (χ1n) is 15.0. The number of aliphatic hydroxyl groups is 1. The Morgan fingerprint density at radius 2 is 1.78 bits per heavy atom. The van der Waals surface area contributed by atoms with Gasteiger partial charge >= 0.3 is 5.97 Å². The number of esters is 1. The molecule has 0 aliphatic heterocycles. The Balaban J connectivity index is 1.45. The van der Waals surface area contributed by atoms with Gasteiger partial charge in [0, 0.05) is 18.1 Å². The van der Waals surface area contributed by atoms with Gasteiger partial charge in [-0.05, 0) is 105 Å². The summed E-state index contributed by atoms with van der Waals surface area (Å²) in [5.74, 6) is 3.62. The molecule has 0 radical (unpaired) electrons. The van der Waals surface area contributed by atoms with E-state index in [0.717, 1.165) is 30.1 Å². The molecule has 3 nitrogen and oxygen atoms in total. The van der Waals surface area contributed by atoms with Crippen LogP contribution in [0.2, 0.25) is 0 Å². The van der Waals surface area contributed by atoms with Crippen LogP contribution in [0.3, 0.4) is 0 Å². The minimum atomic E-state index is -0.345. The van der Waals surface area contributed by atoms with Gasteiger partial charge < -0.3 is 9.84 Å². The molecule has 2 aliphatic rings. The summed E-state index contributed by atoms with van der Waals surface area (Å²) in [4.78, 5) is 11.7. The Kier molecular flexibility index (Phi) is 12.0. The quantitative estimate of drug-likeness (QED) is 0.170. The van der Waals surface area contributed by atoms with Crippen molar-refractivity contribution in [2.24, 2.45) is 29.6 Å². The fourth-order valence-corrected chi connectivity index (χ4v) is 7.09. The van der Waals surface area contributed by atoms with Crippen molar-refractivity contribution in [3.63, 3.8) is 0 Å². The zero-order valence-electron chi connectivity index (χ0n) is 23.4. The number of carbonyl (C=O) groups is 1. The highest BCUT2D eigenvalue weighted by atomic mass is 16.5. The molecule has 3 rings (SSSR count). The van der Waals surface area contributed by atoms with Crippen molar-refractivity contribution in [3.8, 4) is 0 Å². The lowest BCUT2D eigenvalue weighted by Gasteiger charge is -2.43. The van der Waals surface area contributed by atoms with Gasteiger partial charge in [0.2, 0.25) is 0 Å². The van der Waals surface area contributed by atoms with Gasteiger partial charge in [0.05, 0.1) is 6.61 Å². The molecule has 1 N–H and O–H groups in total. The molecule has 36 heavy (non-hydrogen) atoms. The molecule has 4 atom stereocenters. The van der Waals surface area contributed by atoms with E-state index in [4.69, 9.17) is 4.74 Å². The molecule has 1 aromatic carbocycles. The molecule has 0 saturated heterocycles. The van der Waals surface area contributed by atoms with E-state index in [1.54, 1.807) is 12.5 Å². The van der Waals surface area contributed by atoms with Crippen molar-refractivity contribution in [1.82, 2.24) is 0 Å². The van der Waals surface area contributed by atoms with Gasteiger partial charge in [-0.15, -0.1) is 0 Å². The van der Waals surface area contributed by atoms with E-state index in [0.29, 0.717) is 18.1 Å². The summed E-state index contributed by atoms with van der Waals surface area (Å²) in [6.07, 6.45) is 16.7. The molecule has 0 amide bonds. The number of unbranched alkanes of at least 4 members (excludes halogenated alkanes) is 2. The van der Waals surface area contributed by atoms with Gasteiger partial charge in [0.1, 0.15) is 0 Å². The van der Waals surface area contributed by atoms with Gasteiger partial charge in [0.15, 0.2) is 0 Å². The average Bonchev–Trinajstić information content (AvgIpc) is 2.91. The van der Waals surface area contributed by atoms with E-state index in [1.165, 1.54) is 82.6 Å². The number of aryl methyl sites for hydroxylation is 1. The Bertz CT molecular complexity index is 790. The molecule has 2 aliphatic carbocycles. The third-order valence-electron chi connectivity index (χ3n) is 9.30. The lowest BCUT2D eigenvalue weighted by atomic mass is 9.62. The number of hydrogen-bond acceptors (Lipinski definition) is 3. The summed E-state index contributed by atoms with van der Waals surface area (Å²) in [7, 11) is 0. The van der Waals surface area contributed by atoms with Crippen molar-refractivity contribution in [2.45, 2.75) is 110 Å². The predicted octanol–water partition coefficient (Wildman–Crippen LogP) is 8.25. The van der Waals surface area contributed by atoms with Crippen LogP contribution in [0.15, 0.2) is 36.4 Å². The van der Waals surface area contributed by atoms with E-state index in [-0.39, 0.29) is 18.5 Å². The standard InChI is InChI=1S/C33H52O3/c1-5-7-8-9-25-10-13-29(14-11-25)30-15-17-31(18-16-30)32-19-12-26(21-28(32)6-2)20-27(22-34)23-36-33(35)24(3)4/h10-11,13-14,26-28,30-32,34H,3,5-9,12,15-23H2,1-2,4H3/t26?,27?,28-,30?,31?,32?/m0/s1. The monoisotopic (exact) mass is 496 g/mol. The number of benzene rings is 1. The molecule has 3 unspecified atom stereocenters. The van der Waals surface area contributed by atoms with Gasteiger partial charge in [-0.25, -0.2) is 4.79 Å². The summed E-state index contributed by atoms with van der Waals surface area (Å²) < 4.78 is 5.34. The first-order valence-corrected chi connectivity index (χ1v) is 15.0. The van der Waals surface area contributed by atoms with Crippen LogP contribution in [-0.2, 0) is 16.0 Å². The van der Waals surface area contributed by atoms with Crippen molar-refractivity contribution >= 4 is 5.97 Å². The number of ether oxygens (including phenoxy) is 1. The summed E-state index contributed by atoms with van der Waals surface area (Å²) in [5, 5.41) is 9.86. The smallest absolute Gasteiger partial charge is 0.333 e. The normalized spacial score (nSPS) is 27.4. The fraction of sp³-hybridized carbons (Fsp3) is 0.727. The lowest BCUT2D eigenvalue weighted by molar-refractivity contribution is -0.141. The highest BCUT2D eigenvalue weighted by molar-refractivity contribution is 5.86. The molecule has 2 fully saturated rings. The number of aliphatic hydroxyl groups excluding tert-OH is 1. The molecule has 0 heterocycles. The zero-order chi connectivity index (χ0) is 25.9. The van der Waals surface area contributed by atoms with Crippen LogP contribution in [0.4, 0.5) is 0 Å². The van der Waals surface area contributed by atoms with Crippen LogP contribution in [-0.4, -0.2) is 24.3 Å². The minimum absolute atomic E-state index is 0.0424. The van der Waals surface area contributed by atoms with Crippen LogP contribution in [0, 0.1) is 29.6 Å². The van der Waals surface area contributed by atoms with Crippen LogP contribution in [0.5, 0.6) is 0 Å². The first kappa shape index (κ1) is 29.0. The van der Waals surface area contributed by atoms with E-state index >= 15 is 0 Å². The molecule has 202 valence electrons. The second-order valence-electron chi connectivity index (χ2n) is 12.0. The second kappa shape index (κ2) is 15.0. The molecule has 0 bridgehead atoms. The summed E-state index contributed by atoms with van der Waals surface area (Å²) >= 11 is 0. The maximum Gasteiger partial charge on any atom is 0.333 e. The molecule has 0 aromatic heterocycles. The Morgan fingerprint density at radius 3 is 2.39 bits per heavy atom.